The summed E-state index contributed by atoms with van der Waals surface area (Å²) in [5.74, 6) is 0.581. The van der Waals surface area contributed by atoms with Crippen LogP contribution in [0.1, 0.15) is 46.5 Å². The van der Waals surface area contributed by atoms with Gasteiger partial charge in [0.25, 0.3) is 10.2 Å². The van der Waals surface area contributed by atoms with E-state index in [-0.39, 0.29) is 12.0 Å². The highest BCUT2D eigenvalue weighted by atomic mass is 32.2. The molecule has 17 heavy (non-hydrogen) atoms. The summed E-state index contributed by atoms with van der Waals surface area (Å²) in [6, 6.07) is 0. The molecule has 1 rings (SSSR count). The highest BCUT2D eigenvalue weighted by Gasteiger charge is 2.37. The Bertz CT molecular complexity index is 351. The Balaban J connectivity index is 2.50. The maximum absolute atomic E-state index is 10.8. The third-order valence-corrected chi connectivity index (χ3v) is 4.29. The van der Waals surface area contributed by atoms with Gasteiger partial charge in [-0.2, -0.15) is 13.1 Å². The van der Waals surface area contributed by atoms with Crippen molar-refractivity contribution >= 4 is 10.2 Å². The van der Waals surface area contributed by atoms with Crippen LogP contribution in [0.15, 0.2) is 0 Å². The first-order chi connectivity index (χ1) is 7.52. The molecule has 0 aromatic heterocycles. The van der Waals surface area contributed by atoms with Crippen LogP contribution in [-0.4, -0.2) is 25.7 Å². The number of hydrogen-bond acceptors (Lipinski definition) is 3. The van der Waals surface area contributed by atoms with Gasteiger partial charge < -0.3 is 5.11 Å². The second-order valence-corrected chi connectivity index (χ2v) is 7.61. The third kappa shape index (κ3) is 4.91. The van der Waals surface area contributed by atoms with Gasteiger partial charge in [0.15, 0.2) is 0 Å². The summed E-state index contributed by atoms with van der Waals surface area (Å²) >= 11 is 0. The zero-order valence-corrected chi connectivity index (χ0v) is 11.7. The van der Waals surface area contributed by atoms with Crippen LogP contribution < -0.4 is 9.86 Å². The molecule has 0 amide bonds. The molecule has 0 bridgehead atoms. The second-order valence-electron chi connectivity index (χ2n) is 6.23. The van der Waals surface area contributed by atoms with Crippen molar-refractivity contribution in [2.45, 2.75) is 52.1 Å². The highest BCUT2D eigenvalue weighted by Crippen LogP contribution is 2.41. The van der Waals surface area contributed by atoms with Gasteiger partial charge in [0.2, 0.25) is 0 Å². The molecule has 0 aromatic rings. The zero-order chi connectivity index (χ0) is 13.3. The molecule has 1 aliphatic rings. The summed E-state index contributed by atoms with van der Waals surface area (Å²) in [7, 11) is -3.71. The van der Waals surface area contributed by atoms with Crippen molar-refractivity contribution in [3.8, 4) is 0 Å². The monoisotopic (exact) mass is 264 g/mol. The van der Waals surface area contributed by atoms with Gasteiger partial charge in [0.1, 0.15) is 0 Å². The molecule has 0 saturated heterocycles. The number of hydrogen-bond donors (Lipinski definition) is 3. The van der Waals surface area contributed by atoms with Crippen molar-refractivity contribution in [3.63, 3.8) is 0 Å². The molecule has 0 radical (unpaired) electrons. The molecule has 0 spiro atoms. The van der Waals surface area contributed by atoms with E-state index in [0.29, 0.717) is 18.8 Å². The molecular formula is C11H24N2O3S. The molecule has 102 valence electrons. The normalized spacial score (nSPS) is 31.5. The maximum atomic E-state index is 10.8. The van der Waals surface area contributed by atoms with Gasteiger partial charge >= 0.3 is 0 Å². The van der Waals surface area contributed by atoms with E-state index in [4.69, 9.17) is 5.14 Å². The van der Waals surface area contributed by atoms with E-state index in [1.807, 2.05) is 0 Å². The predicted octanol–water partition coefficient (Wildman–Crippen LogP) is 0.747. The Morgan fingerprint density at radius 1 is 1.35 bits per heavy atom. The second kappa shape index (κ2) is 4.84. The van der Waals surface area contributed by atoms with Crippen LogP contribution in [0, 0.1) is 11.3 Å². The van der Waals surface area contributed by atoms with E-state index in [0.717, 1.165) is 12.8 Å². The molecule has 0 aromatic carbocycles. The number of nitrogens with one attached hydrogen (secondary N) is 1. The Labute approximate surface area is 104 Å². The molecule has 5 nitrogen and oxygen atoms in total. The van der Waals surface area contributed by atoms with E-state index >= 15 is 0 Å². The first-order valence-corrected chi connectivity index (χ1v) is 7.56. The summed E-state index contributed by atoms with van der Waals surface area (Å²) in [5.41, 5.74) is -0.692. The molecule has 1 fully saturated rings. The highest BCUT2D eigenvalue weighted by molar-refractivity contribution is 7.87. The van der Waals surface area contributed by atoms with Crippen molar-refractivity contribution in [1.82, 2.24) is 4.72 Å². The fraction of sp³-hybridized carbons (Fsp3) is 1.00. The topological polar surface area (TPSA) is 92.4 Å². The molecule has 0 heterocycles. The van der Waals surface area contributed by atoms with Gasteiger partial charge in [-0.1, -0.05) is 20.8 Å². The van der Waals surface area contributed by atoms with Gasteiger partial charge in [-0.15, -0.1) is 0 Å². The van der Waals surface area contributed by atoms with Crippen LogP contribution in [0.2, 0.25) is 0 Å². The molecular weight excluding hydrogens is 240 g/mol. The number of rotatable bonds is 3. The lowest BCUT2D eigenvalue weighted by Gasteiger charge is -2.41. The minimum atomic E-state index is -3.71. The quantitative estimate of drug-likeness (QED) is 0.702. The van der Waals surface area contributed by atoms with E-state index in [9.17, 15) is 13.5 Å². The van der Waals surface area contributed by atoms with Crippen LogP contribution in [0.3, 0.4) is 0 Å². The molecule has 0 aliphatic heterocycles. The van der Waals surface area contributed by atoms with Crippen molar-refractivity contribution < 1.29 is 13.5 Å². The van der Waals surface area contributed by atoms with E-state index < -0.39 is 15.8 Å². The summed E-state index contributed by atoms with van der Waals surface area (Å²) in [6.45, 7) is 6.61. The summed E-state index contributed by atoms with van der Waals surface area (Å²) < 4.78 is 23.8. The van der Waals surface area contributed by atoms with Crippen molar-refractivity contribution in [2.75, 3.05) is 6.54 Å². The predicted molar refractivity (Wildman–Crippen MR) is 67.5 cm³/mol. The smallest absolute Gasteiger partial charge is 0.274 e. The lowest BCUT2D eigenvalue weighted by molar-refractivity contribution is -0.0201. The Hall–Kier alpha value is -0.170. The Morgan fingerprint density at radius 3 is 2.18 bits per heavy atom. The Kier molecular flexibility index (Phi) is 4.24. The van der Waals surface area contributed by atoms with Crippen molar-refractivity contribution in [3.05, 3.63) is 0 Å². The van der Waals surface area contributed by atoms with Gasteiger partial charge in [-0.05, 0) is 37.0 Å². The van der Waals surface area contributed by atoms with Gasteiger partial charge in [0.05, 0.1) is 5.60 Å². The Morgan fingerprint density at radius 2 is 1.82 bits per heavy atom. The fourth-order valence-corrected chi connectivity index (χ4v) is 2.90. The molecule has 6 heteroatoms. The first-order valence-electron chi connectivity index (χ1n) is 6.02. The molecule has 0 atom stereocenters. The lowest BCUT2D eigenvalue weighted by Crippen LogP contribution is -2.47. The van der Waals surface area contributed by atoms with Crippen molar-refractivity contribution in [2.24, 2.45) is 16.5 Å². The summed E-state index contributed by atoms with van der Waals surface area (Å²) in [4.78, 5) is 0. The van der Waals surface area contributed by atoms with Gasteiger partial charge in [-0.3, -0.25) is 0 Å². The van der Waals surface area contributed by atoms with Crippen molar-refractivity contribution in [1.29, 1.82) is 0 Å². The molecule has 0 unspecified atom stereocenters. The molecule has 1 saturated carbocycles. The molecule has 1 aliphatic carbocycles. The molecule has 4 N–H and O–H groups in total. The SMILES string of the molecule is CC(C)(C)C1CCC(O)(CNS(N)(=O)=O)CC1. The fourth-order valence-electron chi connectivity index (χ4n) is 2.43. The van der Waals surface area contributed by atoms with Crippen LogP contribution >= 0.6 is 0 Å². The van der Waals surface area contributed by atoms with Crippen LogP contribution in [-0.2, 0) is 10.2 Å². The van der Waals surface area contributed by atoms with E-state index in [1.54, 1.807) is 0 Å². The minimum Gasteiger partial charge on any atom is -0.389 e. The average molecular weight is 264 g/mol. The number of nitrogens with two attached hydrogens (primary N) is 1. The average Bonchev–Trinajstić information content (AvgIpc) is 2.13. The summed E-state index contributed by atoms with van der Waals surface area (Å²) in [5, 5.41) is 15.1. The van der Waals surface area contributed by atoms with Crippen LogP contribution in [0.4, 0.5) is 0 Å². The van der Waals surface area contributed by atoms with Crippen LogP contribution in [0.5, 0.6) is 0 Å². The number of aliphatic hydroxyl groups is 1. The summed E-state index contributed by atoms with van der Waals surface area (Å²) in [6.07, 6.45) is 3.09. The maximum Gasteiger partial charge on any atom is 0.274 e. The third-order valence-electron chi connectivity index (χ3n) is 3.74. The first kappa shape index (κ1) is 14.9. The lowest BCUT2D eigenvalue weighted by atomic mass is 9.68. The minimum absolute atomic E-state index is 0.0166. The largest absolute Gasteiger partial charge is 0.389 e. The van der Waals surface area contributed by atoms with Gasteiger partial charge in [-0.25, -0.2) is 5.14 Å². The van der Waals surface area contributed by atoms with E-state index in [1.165, 1.54) is 0 Å². The van der Waals surface area contributed by atoms with Gasteiger partial charge in [0, 0.05) is 6.54 Å². The van der Waals surface area contributed by atoms with E-state index in [2.05, 4.69) is 25.5 Å². The van der Waals surface area contributed by atoms with Crippen LogP contribution in [0.25, 0.3) is 0 Å². The zero-order valence-electron chi connectivity index (χ0n) is 10.9. The standard InChI is InChI=1S/C11H24N2O3S/c1-10(2,3)9-4-6-11(14,7-5-9)8-13-17(12,15)16/h9,13-14H,4-8H2,1-3H3,(H2,12,15,16).